The van der Waals surface area contributed by atoms with Crippen molar-refractivity contribution in [1.29, 1.82) is 0 Å². The third-order valence-corrected chi connectivity index (χ3v) is 6.70. The van der Waals surface area contributed by atoms with Gasteiger partial charge in [-0.1, -0.05) is 30.3 Å². The summed E-state index contributed by atoms with van der Waals surface area (Å²) in [5.41, 5.74) is 3.27. The number of carbonyl (C=O) groups excluding carboxylic acids is 2. The lowest BCUT2D eigenvalue weighted by atomic mass is 10.1. The van der Waals surface area contributed by atoms with Crippen LogP contribution in [-0.4, -0.2) is 62.6 Å². The van der Waals surface area contributed by atoms with Gasteiger partial charge in [0.15, 0.2) is 0 Å². The molecule has 0 saturated carbocycles. The highest BCUT2D eigenvalue weighted by Gasteiger charge is 2.29. The van der Waals surface area contributed by atoms with Gasteiger partial charge in [-0.05, 0) is 19.3 Å². The molecule has 0 bridgehead atoms. The first-order valence-electron chi connectivity index (χ1n) is 10.3. The van der Waals surface area contributed by atoms with Gasteiger partial charge in [0.25, 0.3) is 11.8 Å². The Morgan fingerprint density at radius 3 is 2.40 bits per heavy atom. The molecule has 3 aromatic rings. The molecule has 154 valence electrons. The Labute approximate surface area is 178 Å². The number of fused-ring (bicyclic) bond motifs is 1. The topological polar surface area (TPSA) is 71.3 Å². The molecule has 30 heavy (non-hydrogen) atoms. The molecule has 4 heterocycles. The van der Waals surface area contributed by atoms with Gasteiger partial charge in [-0.3, -0.25) is 14.3 Å². The number of amides is 2. The number of aromatic nitrogens is 3. The smallest absolute Gasteiger partial charge is 0.273 e. The lowest BCUT2D eigenvalue weighted by Gasteiger charge is -2.34. The molecule has 7 nitrogen and oxygen atoms in total. The number of hydrogen-bond acceptors (Lipinski definition) is 5. The van der Waals surface area contributed by atoms with Gasteiger partial charge < -0.3 is 9.80 Å². The van der Waals surface area contributed by atoms with Crippen LogP contribution in [0, 0.1) is 0 Å². The zero-order chi connectivity index (χ0) is 20.5. The molecule has 1 aromatic carbocycles. The number of piperazine rings is 1. The standard InChI is InChI=1S/C22H23N5O2S/c28-21(17-14-23-27-9-5-4-8-19(17)27)25-10-12-26(13-11-25)22(29)18-15-30-20(24-18)16-6-2-1-3-7-16/h1-3,6-7,14-15H,4-5,8-13H2. The highest BCUT2D eigenvalue weighted by atomic mass is 32.1. The van der Waals surface area contributed by atoms with Crippen molar-refractivity contribution in [3.8, 4) is 10.6 Å². The van der Waals surface area contributed by atoms with E-state index in [2.05, 4.69) is 10.1 Å². The molecule has 5 rings (SSSR count). The second kappa shape index (κ2) is 8.02. The number of hydrogen-bond donors (Lipinski definition) is 0. The Bertz CT molecular complexity index is 1070. The molecular weight excluding hydrogens is 398 g/mol. The van der Waals surface area contributed by atoms with Crippen molar-refractivity contribution in [2.45, 2.75) is 25.8 Å². The average Bonchev–Trinajstić information content (AvgIpc) is 3.47. The second-order valence-electron chi connectivity index (χ2n) is 7.67. The van der Waals surface area contributed by atoms with E-state index in [1.54, 1.807) is 11.1 Å². The number of rotatable bonds is 3. The molecule has 0 aliphatic carbocycles. The van der Waals surface area contributed by atoms with E-state index in [-0.39, 0.29) is 11.8 Å². The van der Waals surface area contributed by atoms with E-state index in [0.717, 1.165) is 47.6 Å². The average molecular weight is 422 g/mol. The molecule has 2 amide bonds. The third kappa shape index (κ3) is 3.52. The maximum atomic E-state index is 13.0. The van der Waals surface area contributed by atoms with Crippen molar-refractivity contribution in [3.05, 3.63) is 58.9 Å². The first-order chi connectivity index (χ1) is 14.7. The van der Waals surface area contributed by atoms with Gasteiger partial charge in [-0.15, -0.1) is 11.3 Å². The van der Waals surface area contributed by atoms with Crippen LogP contribution in [0.4, 0.5) is 0 Å². The quantitative estimate of drug-likeness (QED) is 0.652. The maximum absolute atomic E-state index is 13.0. The first-order valence-corrected chi connectivity index (χ1v) is 11.2. The van der Waals surface area contributed by atoms with Crippen molar-refractivity contribution in [3.63, 3.8) is 0 Å². The molecular formula is C22H23N5O2S. The van der Waals surface area contributed by atoms with Crippen LogP contribution in [0.3, 0.4) is 0 Å². The van der Waals surface area contributed by atoms with Gasteiger partial charge in [0, 0.05) is 43.7 Å². The molecule has 2 aromatic heterocycles. The van der Waals surface area contributed by atoms with Crippen LogP contribution in [0.1, 0.15) is 39.4 Å². The molecule has 0 unspecified atom stereocenters. The number of carbonyl (C=O) groups is 2. The Morgan fingerprint density at radius 2 is 1.63 bits per heavy atom. The summed E-state index contributed by atoms with van der Waals surface area (Å²) in [4.78, 5) is 34.1. The van der Waals surface area contributed by atoms with E-state index < -0.39 is 0 Å². The highest BCUT2D eigenvalue weighted by molar-refractivity contribution is 7.13. The molecule has 0 N–H and O–H groups in total. The Morgan fingerprint density at radius 1 is 0.900 bits per heavy atom. The van der Waals surface area contributed by atoms with Crippen LogP contribution >= 0.6 is 11.3 Å². The van der Waals surface area contributed by atoms with E-state index in [9.17, 15) is 9.59 Å². The maximum Gasteiger partial charge on any atom is 0.273 e. The van der Waals surface area contributed by atoms with Crippen LogP contribution in [0.25, 0.3) is 10.6 Å². The molecule has 0 atom stereocenters. The highest BCUT2D eigenvalue weighted by Crippen LogP contribution is 2.24. The Kier molecular flexibility index (Phi) is 5.08. The fourth-order valence-corrected chi connectivity index (χ4v) is 4.93. The molecule has 2 aliphatic heterocycles. The van der Waals surface area contributed by atoms with E-state index in [4.69, 9.17) is 0 Å². The lowest BCUT2D eigenvalue weighted by molar-refractivity contribution is 0.0532. The fourth-order valence-electron chi connectivity index (χ4n) is 4.13. The summed E-state index contributed by atoms with van der Waals surface area (Å²) in [6.45, 7) is 3.00. The zero-order valence-corrected chi connectivity index (χ0v) is 17.5. The van der Waals surface area contributed by atoms with E-state index in [1.807, 2.05) is 45.3 Å². The molecule has 1 saturated heterocycles. The van der Waals surface area contributed by atoms with Crippen LogP contribution in [0.2, 0.25) is 0 Å². The summed E-state index contributed by atoms with van der Waals surface area (Å²) >= 11 is 1.48. The second-order valence-corrected chi connectivity index (χ2v) is 8.53. The predicted molar refractivity (Wildman–Crippen MR) is 115 cm³/mol. The molecule has 2 aliphatic rings. The van der Waals surface area contributed by atoms with Crippen molar-refractivity contribution in [1.82, 2.24) is 24.6 Å². The molecule has 1 fully saturated rings. The minimum atomic E-state index is -0.0663. The molecule has 8 heteroatoms. The zero-order valence-electron chi connectivity index (χ0n) is 16.7. The van der Waals surface area contributed by atoms with Gasteiger partial charge in [-0.25, -0.2) is 4.98 Å². The summed E-state index contributed by atoms with van der Waals surface area (Å²) in [6.07, 6.45) is 4.84. The number of nitrogens with zero attached hydrogens (tertiary/aromatic N) is 5. The summed E-state index contributed by atoms with van der Waals surface area (Å²) in [5.74, 6) is -0.0336. The van der Waals surface area contributed by atoms with Crippen molar-refractivity contribution < 1.29 is 9.59 Å². The summed E-state index contributed by atoms with van der Waals surface area (Å²) < 4.78 is 1.96. The SMILES string of the molecule is O=C(c1csc(-c2ccccc2)n1)N1CCN(C(=O)c2cnn3c2CCCC3)CC1. The van der Waals surface area contributed by atoms with Gasteiger partial charge in [0.05, 0.1) is 17.5 Å². The van der Waals surface area contributed by atoms with Crippen LogP contribution < -0.4 is 0 Å². The number of aryl methyl sites for hydroxylation is 1. The summed E-state index contributed by atoms with van der Waals surface area (Å²) in [5, 5.41) is 7.05. The minimum Gasteiger partial charge on any atom is -0.335 e. The van der Waals surface area contributed by atoms with Crippen molar-refractivity contribution in [2.75, 3.05) is 26.2 Å². The van der Waals surface area contributed by atoms with Crippen LogP contribution in [-0.2, 0) is 13.0 Å². The van der Waals surface area contributed by atoms with Crippen LogP contribution in [0.5, 0.6) is 0 Å². The summed E-state index contributed by atoms with van der Waals surface area (Å²) in [7, 11) is 0. The Balaban J connectivity index is 1.23. The van der Waals surface area contributed by atoms with Crippen LogP contribution in [0.15, 0.2) is 41.9 Å². The largest absolute Gasteiger partial charge is 0.335 e. The molecule has 0 spiro atoms. The van der Waals surface area contributed by atoms with Crippen molar-refractivity contribution >= 4 is 23.2 Å². The Hall–Kier alpha value is -3.00. The minimum absolute atomic E-state index is 0.0327. The van der Waals surface area contributed by atoms with Gasteiger partial charge in [0.2, 0.25) is 0 Å². The van der Waals surface area contributed by atoms with Crippen molar-refractivity contribution in [2.24, 2.45) is 0 Å². The molecule has 0 radical (unpaired) electrons. The van der Waals surface area contributed by atoms with E-state index in [1.165, 1.54) is 11.3 Å². The number of benzene rings is 1. The predicted octanol–water partition coefficient (Wildman–Crippen LogP) is 2.94. The lowest BCUT2D eigenvalue weighted by Crippen LogP contribution is -2.50. The normalized spacial score (nSPS) is 16.4. The van der Waals surface area contributed by atoms with Gasteiger partial charge in [-0.2, -0.15) is 5.10 Å². The van der Waals surface area contributed by atoms with Gasteiger partial charge in [0.1, 0.15) is 10.7 Å². The monoisotopic (exact) mass is 421 g/mol. The first kappa shape index (κ1) is 19.0. The fraction of sp³-hybridized carbons (Fsp3) is 0.364. The summed E-state index contributed by atoms with van der Waals surface area (Å²) in [6, 6.07) is 9.88. The van der Waals surface area contributed by atoms with Gasteiger partial charge >= 0.3 is 0 Å². The van der Waals surface area contributed by atoms with E-state index >= 15 is 0 Å². The third-order valence-electron chi connectivity index (χ3n) is 5.81. The van der Waals surface area contributed by atoms with E-state index in [0.29, 0.717) is 31.9 Å². The number of thiazole rings is 1.